The van der Waals surface area contributed by atoms with Gasteiger partial charge in [0.2, 0.25) is 0 Å². The van der Waals surface area contributed by atoms with Crippen molar-refractivity contribution in [3.05, 3.63) is 35.2 Å². The van der Waals surface area contributed by atoms with Gasteiger partial charge in [-0.2, -0.15) is 0 Å². The van der Waals surface area contributed by atoms with Crippen LogP contribution in [0.2, 0.25) is 0 Å². The Bertz CT molecular complexity index is 602. The molecule has 0 unspecified atom stereocenters. The monoisotopic (exact) mass is 301 g/mol. The van der Waals surface area contributed by atoms with Crippen molar-refractivity contribution in [1.29, 1.82) is 0 Å². The summed E-state index contributed by atoms with van der Waals surface area (Å²) in [4.78, 5) is 2.69. The number of thiophene rings is 1. The number of ether oxygens (including phenoxy) is 1. The first kappa shape index (κ1) is 13.7. The SMILES string of the molecule is c1cc([C@@H]2CCCC[C@@H]2N2CCOCC2)c2ccsc2c1. The van der Waals surface area contributed by atoms with Crippen LogP contribution >= 0.6 is 11.3 Å². The number of hydrogen-bond donors (Lipinski definition) is 0. The summed E-state index contributed by atoms with van der Waals surface area (Å²) in [5.74, 6) is 0.704. The van der Waals surface area contributed by atoms with E-state index in [2.05, 4.69) is 34.5 Å². The lowest BCUT2D eigenvalue weighted by Gasteiger charge is -2.42. The van der Waals surface area contributed by atoms with Gasteiger partial charge in [-0.15, -0.1) is 11.3 Å². The highest BCUT2D eigenvalue weighted by Gasteiger charge is 2.32. The number of rotatable bonds is 2. The van der Waals surface area contributed by atoms with Crippen LogP contribution in [-0.2, 0) is 4.74 Å². The molecule has 112 valence electrons. The normalized spacial score (nSPS) is 28.0. The van der Waals surface area contributed by atoms with Gasteiger partial charge in [-0.25, -0.2) is 0 Å². The van der Waals surface area contributed by atoms with Gasteiger partial charge in [0.1, 0.15) is 0 Å². The van der Waals surface area contributed by atoms with Gasteiger partial charge in [-0.05, 0) is 41.3 Å². The van der Waals surface area contributed by atoms with Gasteiger partial charge in [-0.3, -0.25) is 4.90 Å². The second kappa shape index (κ2) is 6.07. The predicted molar refractivity (Wildman–Crippen MR) is 89.2 cm³/mol. The van der Waals surface area contributed by atoms with Crippen molar-refractivity contribution >= 4 is 21.4 Å². The maximum absolute atomic E-state index is 5.55. The first-order valence-electron chi connectivity index (χ1n) is 8.21. The Morgan fingerprint density at radius 1 is 1.05 bits per heavy atom. The van der Waals surface area contributed by atoms with E-state index in [1.165, 1.54) is 35.8 Å². The molecule has 2 atom stereocenters. The van der Waals surface area contributed by atoms with Gasteiger partial charge >= 0.3 is 0 Å². The van der Waals surface area contributed by atoms with E-state index in [0.29, 0.717) is 12.0 Å². The highest BCUT2D eigenvalue weighted by Crippen LogP contribution is 2.40. The Morgan fingerprint density at radius 3 is 2.81 bits per heavy atom. The lowest BCUT2D eigenvalue weighted by atomic mass is 9.78. The summed E-state index contributed by atoms with van der Waals surface area (Å²) in [6.45, 7) is 4.04. The van der Waals surface area contributed by atoms with Crippen LogP contribution in [0.1, 0.15) is 37.2 Å². The lowest BCUT2D eigenvalue weighted by molar-refractivity contribution is 0.00300. The van der Waals surface area contributed by atoms with E-state index in [4.69, 9.17) is 4.74 Å². The third-order valence-electron chi connectivity index (χ3n) is 5.17. The van der Waals surface area contributed by atoms with Crippen molar-refractivity contribution in [3.8, 4) is 0 Å². The summed E-state index contributed by atoms with van der Waals surface area (Å²) in [6, 6.07) is 9.92. The maximum atomic E-state index is 5.55. The molecule has 2 nitrogen and oxygen atoms in total. The van der Waals surface area contributed by atoms with Crippen molar-refractivity contribution in [1.82, 2.24) is 4.90 Å². The van der Waals surface area contributed by atoms with Crippen molar-refractivity contribution in [3.63, 3.8) is 0 Å². The van der Waals surface area contributed by atoms with Crippen molar-refractivity contribution in [2.75, 3.05) is 26.3 Å². The van der Waals surface area contributed by atoms with Gasteiger partial charge in [0.15, 0.2) is 0 Å². The molecule has 1 aromatic carbocycles. The standard InChI is InChI=1S/C18H23NOS/c1-2-6-17(19-9-11-20-12-10-19)15(4-1)14-5-3-7-18-16(14)8-13-21-18/h3,5,7-8,13,15,17H,1-2,4,6,9-12H2/t15-,17-/m0/s1. The molecule has 2 aromatic rings. The average Bonchev–Trinajstić information content (AvgIpc) is 3.04. The largest absolute Gasteiger partial charge is 0.379 e. The van der Waals surface area contributed by atoms with Gasteiger partial charge in [-0.1, -0.05) is 25.0 Å². The van der Waals surface area contributed by atoms with E-state index in [1.807, 2.05) is 11.3 Å². The minimum absolute atomic E-state index is 0.704. The zero-order chi connectivity index (χ0) is 14.1. The van der Waals surface area contributed by atoms with Crippen LogP contribution in [0.25, 0.3) is 10.1 Å². The van der Waals surface area contributed by atoms with E-state index in [9.17, 15) is 0 Å². The fourth-order valence-electron chi connectivity index (χ4n) is 4.16. The van der Waals surface area contributed by atoms with E-state index >= 15 is 0 Å². The molecule has 2 fully saturated rings. The molecule has 3 heteroatoms. The second-order valence-electron chi connectivity index (χ2n) is 6.29. The molecule has 1 aromatic heterocycles. The molecular formula is C18H23NOS. The maximum Gasteiger partial charge on any atom is 0.0594 e. The molecule has 1 aliphatic carbocycles. The van der Waals surface area contributed by atoms with Crippen molar-refractivity contribution in [2.45, 2.75) is 37.6 Å². The van der Waals surface area contributed by atoms with Crippen LogP contribution in [0, 0.1) is 0 Å². The molecule has 1 aliphatic heterocycles. The van der Waals surface area contributed by atoms with Crippen LogP contribution in [-0.4, -0.2) is 37.2 Å². The lowest BCUT2D eigenvalue weighted by Crippen LogP contribution is -2.47. The average molecular weight is 301 g/mol. The van der Waals surface area contributed by atoms with Crippen molar-refractivity contribution in [2.24, 2.45) is 0 Å². The van der Waals surface area contributed by atoms with E-state index in [1.54, 1.807) is 5.56 Å². The van der Waals surface area contributed by atoms with Crippen molar-refractivity contribution < 1.29 is 4.74 Å². The first-order valence-corrected chi connectivity index (χ1v) is 9.09. The molecule has 21 heavy (non-hydrogen) atoms. The van der Waals surface area contributed by atoms with E-state index in [-0.39, 0.29) is 0 Å². The summed E-state index contributed by atoms with van der Waals surface area (Å²) >= 11 is 1.87. The Labute approximate surface area is 130 Å². The Morgan fingerprint density at radius 2 is 1.90 bits per heavy atom. The quantitative estimate of drug-likeness (QED) is 0.822. The zero-order valence-corrected chi connectivity index (χ0v) is 13.3. The summed E-state index contributed by atoms with van der Waals surface area (Å²) < 4.78 is 6.99. The third kappa shape index (κ3) is 2.63. The highest BCUT2D eigenvalue weighted by atomic mass is 32.1. The first-order chi connectivity index (χ1) is 10.4. The van der Waals surface area contributed by atoms with Crippen LogP contribution in [0.5, 0.6) is 0 Å². The molecule has 4 rings (SSSR count). The van der Waals surface area contributed by atoms with Crippen LogP contribution in [0.15, 0.2) is 29.6 Å². The van der Waals surface area contributed by atoms with Crippen LogP contribution in [0.3, 0.4) is 0 Å². The third-order valence-corrected chi connectivity index (χ3v) is 6.06. The molecule has 1 saturated heterocycles. The number of hydrogen-bond acceptors (Lipinski definition) is 3. The molecule has 0 radical (unpaired) electrons. The number of nitrogens with zero attached hydrogens (tertiary/aromatic N) is 1. The molecule has 0 spiro atoms. The molecule has 1 saturated carbocycles. The van der Waals surface area contributed by atoms with Gasteiger partial charge in [0.25, 0.3) is 0 Å². The van der Waals surface area contributed by atoms with E-state index in [0.717, 1.165) is 26.3 Å². The fraction of sp³-hybridized carbons (Fsp3) is 0.556. The number of benzene rings is 1. The summed E-state index contributed by atoms with van der Waals surface area (Å²) in [7, 11) is 0. The Kier molecular flexibility index (Phi) is 3.97. The highest BCUT2D eigenvalue weighted by molar-refractivity contribution is 7.17. The number of morpholine rings is 1. The second-order valence-corrected chi connectivity index (χ2v) is 7.23. The topological polar surface area (TPSA) is 12.5 Å². The number of fused-ring (bicyclic) bond motifs is 1. The fourth-order valence-corrected chi connectivity index (χ4v) is 4.98. The zero-order valence-electron chi connectivity index (χ0n) is 12.5. The predicted octanol–water partition coefficient (Wildman–Crippen LogP) is 4.26. The molecule has 2 aliphatic rings. The molecule has 0 N–H and O–H groups in total. The van der Waals surface area contributed by atoms with Crippen LogP contribution < -0.4 is 0 Å². The summed E-state index contributed by atoms with van der Waals surface area (Å²) in [5.41, 5.74) is 1.59. The molecule has 2 heterocycles. The molecular weight excluding hydrogens is 278 g/mol. The molecule has 0 amide bonds. The molecule has 0 bridgehead atoms. The minimum atomic E-state index is 0.704. The van der Waals surface area contributed by atoms with E-state index < -0.39 is 0 Å². The van der Waals surface area contributed by atoms with Gasteiger partial charge < -0.3 is 4.74 Å². The summed E-state index contributed by atoms with van der Waals surface area (Å²) in [6.07, 6.45) is 5.46. The minimum Gasteiger partial charge on any atom is -0.379 e. The Balaban J connectivity index is 1.68. The van der Waals surface area contributed by atoms with Crippen LogP contribution in [0.4, 0.5) is 0 Å². The van der Waals surface area contributed by atoms with Gasteiger partial charge in [0, 0.05) is 29.7 Å². The Hall–Kier alpha value is -0.900. The van der Waals surface area contributed by atoms with Gasteiger partial charge in [0.05, 0.1) is 13.2 Å². The smallest absolute Gasteiger partial charge is 0.0594 e. The summed E-state index contributed by atoms with van der Waals surface area (Å²) in [5, 5.41) is 3.73.